The maximum atomic E-state index is 9.81. The Morgan fingerprint density at radius 2 is 2.00 bits per heavy atom. The minimum Gasteiger partial charge on any atom is -0.507 e. The second-order valence-electron chi connectivity index (χ2n) is 4.15. The number of para-hydroxylation sites is 1. The molecule has 0 atom stereocenters. The lowest BCUT2D eigenvalue weighted by molar-refractivity contribution is 0.235. The van der Waals surface area contributed by atoms with Gasteiger partial charge in [-0.15, -0.1) is 0 Å². The standard InChI is InChI=1S/C13H15NO3/c1-8(2)13-12(14-11(7-15)17-13)9-5-3-4-6-10(9)16/h3-6,8,15-16H,7H2,1-2H3. The van der Waals surface area contributed by atoms with Crippen LogP contribution in [0.25, 0.3) is 11.3 Å². The van der Waals surface area contributed by atoms with Crippen LogP contribution in [0.4, 0.5) is 0 Å². The Labute approximate surface area is 99.6 Å². The van der Waals surface area contributed by atoms with Gasteiger partial charge in [0, 0.05) is 11.5 Å². The molecule has 0 fully saturated rings. The molecule has 0 amide bonds. The summed E-state index contributed by atoms with van der Waals surface area (Å²) >= 11 is 0. The third-order valence-electron chi connectivity index (χ3n) is 2.52. The Morgan fingerprint density at radius 1 is 1.29 bits per heavy atom. The fourth-order valence-electron chi connectivity index (χ4n) is 1.70. The van der Waals surface area contributed by atoms with E-state index in [2.05, 4.69) is 4.98 Å². The first-order valence-electron chi connectivity index (χ1n) is 5.52. The topological polar surface area (TPSA) is 66.5 Å². The smallest absolute Gasteiger partial charge is 0.220 e. The first-order valence-corrected chi connectivity index (χ1v) is 5.52. The van der Waals surface area contributed by atoms with Crippen molar-refractivity contribution in [3.63, 3.8) is 0 Å². The Kier molecular flexibility index (Phi) is 3.15. The summed E-state index contributed by atoms with van der Waals surface area (Å²) in [6, 6.07) is 6.96. The highest BCUT2D eigenvalue weighted by Gasteiger charge is 2.19. The molecule has 1 aromatic carbocycles. The highest BCUT2D eigenvalue weighted by atomic mass is 16.4. The number of aromatic nitrogens is 1. The summed E-state index contributed by atoms with van der Waals surface area (Å²) in [5.41, 5.74) is 1.22. The van der Waals surface area contributed by atoms with E-state index in [0.717, 1.165) is 0 Å². The number of oxazole rings is 1. The Balaban J connectivity index is 2.58. The first-order chi connectivity index (χ1) is 8.13. The molecule has 2 N–H and O–H groups in total. The van der Waals surface area contributed by atoms with Crippen LogP contribution in [0.15, 0.2) is 28.7 Å². The maximum Gasteiger partial charge on any atom is 0.220 e. The van der Waals surface area contributed by atoms with Gasteiger partial charge in [-0.25, -0.2) is 4.98 Å². The van der Waals surface area contributed by atoms with E-state index in [0.29, 0.717) is 17.0 Å². The maximum absolute atomic E-state index is 9.81. The summed E-state index contributed by atoms with van der Waals surface area (Å²) in [6.45, 7) is 3.71. The molecule has 90 valence electrons. The van der Waals surface area contributed by atoms with Crippen molar-refractivity contribution in [1.29, 1.82) is 0 Å². The van der Waals surface area contributed by atoms with Gasteiger partial charge in [0.2, 0.25) is 5.89 Å². The van der Waals surface area contributed by atoms with Crippen molar-refractivity contribution < 1.29 is 14.6 Å². The molecule has 0 unspecified atom stereocenters. The van der Waals surface area contributed by atoms with Gasteiger partial charge in [0.25, 0.3) is 0 Å². The van der Waals surface area contributed by atoms with E-state index in [1.807, 2.05) is 19.9 Å². The van der Waals surface area contributed by atoms with Crippen LogP contribution in [0.3, 0.4) is 0 Å². The predicted molar refractivity (Wildman–Crippen MR) is 63.6 cm³/mol. The zero-order valence-corrected chi connectivity index (χ0v) is 9.84. The number of aromatic hydroxyl groups is 1. The van der Waals surface area contributed by atoms with Gasteiger partial charge in [0.15, 0.2) is 0 Å². The van der Waals surface area contributed by atoms with E-state index >= 15 is 0 Å². The normalized spacial score (nSPS) is 11.1. The molecule has 0 spiro atoms. The van der Waals surface area contributed by atoms with Crippen molar-refractivity contribution in [3.05, 3.63) is 35.9 Å². The summed E-state index contributed by atoms with van der Waals surface area (Å²) in [7, 11) is 0. The van der Waals surface area contributed by atoms with Crippen molar-refractivity contribution in [1.82, 2.24) is 4.98 Å². The number of benzene rings is 1. The number of hydrogen-bond donors (Lipinski definition) is 2. The minimum atomic E-state index is -0.243. The first kappa shape index (κ1) is 11.7. The van der Waals surface area contributed by atoms with Crippen LogP contribution in [-0.4, -0.2) is 15.2 Å². The molecule has 0 aliphatic rings. The third kappa shape index (κ3) is 2.17. The summed E-state index contributed by atoms with van der Waals surface area (Å²) in [6.07, 6.45) is 0. The largest absolute Gasteiger partial charge is 0.507 e. The summed E-state index contributed by atoms with van der Waals surface area (Å²) in [5.74, 6) is 1.24. The Hall–Kier alpha value is -1.81. The molecule has 0 bridgehead atoms. The van der Waals surface area contributed by atoms with E-state index in [9.17, 15) is 5.11 Å². The van der Waals surface area contributed by atoms with Crippen molar-refractivity contribution in [2.45, 2.75) is 26.4 Å². The molecule has 0 aliphatic heterocycles. The van der Waals surface area contributed by atoms with Crippen molar-refractivity contribution >= 4 is 0 Å². The van der Waals surface area contributed by atoms with E-state index in [4.69, 9.17) is 9.52 Å². The number of hydrogen-bond acceptors (Lipinski definition) is 4. The van der Waals surface area contributed by atoms with Crippen LogP contribution < -0.4 is 0 Å². The fraction of sp³-hybridized carbons (Fsp3) is 0.308. The zero-order chi connectivity index (χ0) is 12.4. The van der Waals surface area contributed by atoms with Gasteiger partial charge in [0.1, 0.15) is 23.8 Å². The van der Waals surface area contributed by atoms with Crippen LogP contribution >= 0.6 is 0 Å². The summed E-state index contributed by atoms with van der Waals surface area (Å²) < 4.78 is 5.46. The monoisotopic (exact) mass is 233 g/mol. The Bertz CT molecular complexity index is 517. The quantitative estimate of drug-likeness (QED) is 0.855. The van der Waals surface area contributed by atoms with Gasteiger partial charge in [-0.1, -0.05) is 26.0 Å². The fourth-order valence-corrected chi connectivity index (χ4v) is 1.70. The van der Waals surface area contributed by atoms with Crippen molar-refractivity contribution in [2.75, 3.05) is 0 Å². The van der Waals surface area contributed by atoms with Crippen LogP contribution in [0, 0.1) is 0 Å². The second-order valence-corrected chi connectivity index (χ2v) is 4.15. The molecule has 4 heteroatoms. The molecule has 0 aliphatic carbocycles. The highest BCUT2D eigenvalue weighted by Crippen LogP contribution is 2.34. The number of nitrogens with zero attached hydrogens (tertiary/aromatic N) is 1. The van der Waals surface area contributed by atoms with Gasteiger partial charge < -0.3 is 14.6 Å². The molecule has 0 saturated heterocycles. The average Bonchev–Trinajstić information content (AvgIpc) is 2.73. The molecule has 1 heterocycles. The molecule has 0 saturated carbocycles. The minimum absolute atomic E-state index is 0.136. The van der Waals surface area contributed by atoms with Crippen molar-refractivity contribution in [3.8, 4) is 17.0 Å². The van der Waals surface area contributed by atoms with Crippen LogP contribution in [-0.2, 0) is 6.61 Å². The lowest BCUT2D eigenvalue weighted by atomic mass is 10.0. The lowest BCUT2D eigenvalue weighted by Crippen LogP contribution is -1.89. The third-order valence-corrected chi connectivity index (χ3v) is 2.52. The van der Waals surface area contributed by atoms with E-state index in [1.165, 1.54) is 0 Å². The van der Waals surface area contributed by atoms with E-state index in [-0.39, 0.29) is 24.2 Å². The molecule has 0 radical (unpaired) electrons. The molecular weight excluding hydrogens is 218 g/mol. The second kappa shape index (κ2) is 4.59. The number of phenolic OH excluding ortho intramolecular Hbond substituents is 1. The molecular formula is C13H15NO3. The zero-order valence-electron chi connectivity index (χ0n) is 9.84. The number of aliphatic hydroxyl groups excluding tert-OH is 1. The lowest BCUT2D eigenvalue weighted by Gasteiger charge is -2.05. The number of rotatable bonds is 3. The number of aliphatic hydroxyl groups is 1. The molecule has 2 aromatic rings. The summed E-state index contributed by atoms with van der Waals surface area (Å²) in [4.78, 5) is 4.20. The van der Waals surface area contributed by atoms with Gasteiger partial charge in [-0.2, -0.15) is 0 Å². The van der Waals surface area contributed by atoms with E-state index < -0.39 is 0 Å². The van der Waals surface area contributed by atoms with E-state index in [1.54, 1.807) is 18.2 Å². The van der Waals surface area contributed by atoms with Gasteiger partial charge in [-0.3, -0.25) is 0 Å². The SMILES string of the molecule is CC(C)c1oc(CO)nc1-c1ccccc1O. The van der Waals surface area contributed by atoms with Crippen LogP contribution in [0.1, 0.15) is 31.4 Å². The van der Waals surface area contributed by atoms with Gasteiger partial charge in [-0.05, 0) is 12.1 Å². The van der Waals surface area contributed by atoms with Crippen molar-refractivity contribution in [2.24, 2.45) is 0 Å². The van der Waals surface area contributed by atoms with Crippen LogP contribution in [0.5, 0.6) is 5.75 Å². The number of phenols is 1. The predicted octanol–water partition coefficient (Wildman–Crippen LogP) is 2.66. The molecule has 1 aromatic heterocycles. The highest BCUT2D eigenvalue weighted by molar-refractivity contribution is 5.68. The summed E-state index contributed by atoms with van der Waals surface area (Å²) in [5, 5.41) is 18.9. The molecule has 4 nitrogen and oxygen atoms in total. The van der Waals surface area contributed by atoms with Gasteiger partial charge in [0.05, 0.1) is 0 Å². The molecule has 17 heavy (non-hydrogen) atoms. The van der Waals surface area contributed by atoms with Crippen LogP contribution in [0.2, 0.25) is 0 Å². The average molecular weight is 233 g/mol. The molecule has 2 rings (SSSR count). The van der Waals surface area contributed by atoms with Gasteiger partial charge >= 0.3 is 0 Å². The Morgan fingerprint density at radius 3 is 2.59 bits per heavy atom.